The molecule has 9 rings (SSSR count). The van der Waals surface area contributed by atoms with E-state index in [0.29, 0.717) is 0 Å². The Balaban J connectivity index is 0.000000301. The van der Waals surface area contributed by atoms with Crippen LogP contribution >= 0.6 is 36.0 Å². The van der Waals surface area contributed by atoms with Crippen LogP contribution in [0.4, 0.5) is 0 Å². The van der Waals surface area contributed by atoms with Crippen molar-refractivity contribution < 1.29 is 57.3 Å². The van der Waals surface area contributed by atoms with Crippen LogP contribution in [0.1, 0.15) is 134 Å². The summed E-state index contributed by atoms with van der Waals surface area (Å²) in [4.78, 5) is 0. The van der Waals surface area contributed by atoms with E-state index in [1.807, 2.05) is 129 Å². The van der Waals surface area contributed by atoms with Crippen molar-refractivity contribution in [2.45, 2.75) is 134 Å². The number of hydrogen-bond acceptors (Lipinski definition) is 9. The van der Waals surface area contributed by atoms with Crippen LogP contribution in [0, 0.1) is 32.1 Å². The Morgan fingerprint density at radius 2 is 0.838 bits per heavy atom. The molecular formula is C52H78Ag2Cl3N9PRu-. The normalized spacial score (nSPS) is 18.4. The van der Waals surface area contributed by atoms with E-state index >= 15 is 0 Å². The van der Waals surface area contributed by atoms with Crippen LogP contribution in [-0.2, 0) is 57.3 Å². The monoisotopic (exact) mass is 1280 g/mol. The van der Waals surface area contributed by atoms with E-state index in [-0.39, 0.29) is 55.3 Å². The molecule has 3 heterocycles. The summed E-state index contributed by atoms with van der Waals surface area (Å²) in [5, 5.41) is 11.7. The molecule has 0 atom stereocenters. The first-order valence-electron chi connectivity index (χ1n) is 23.9. The maximum atomic E-state index is 4.79. The number of halogens is 3. The van der Waals surface area contributed by atoms with Gasteiger partial charge in [-0.05, 0) is 97.8 Å². The molecule has 0 amide bonds. The second-order valence-corrected chi connectivity index (χ2v) is 22.8. The van der Waals surface area contributed by atoms with Crippen LogP contribution in [0.15, 0.2) is 84.9 Å². The summed E-state index contributed by atoms with van der Waals surface area (Å²) in [6, 6.07) is 31.6. The first-order valence-corrected chi connectivity index (χ1v) is 31.7. The van der Waals surface area contributed by atoms with Gasteiger partial charge in [0.05, 0.1) is 17.0 Å². The van der Waals surface area contributed by atoms with E-state index in [2.05, 4.69) is 96.0 Å². The summed E-state index contributed by atoms with van der Waals surface area (Å²) in [7, 11) is 20.1. The molecule has 0 bridgehead atoms. The molecule has 0 aromatic heterocycles. The fourth-order valence-corrected chi connectivity index (χ4v) is 14.8. The molecule has 6 aliphatic rings. The predicted molar refractivity (Wildman–Crippen MR) is 281 cm³/mol. The number of hydrazine groups is 6. The third kappa shape index (κ3) is 20.8. The molecule has 0 unspecified atom stereocenters. The zero-order chi connectivity index (χ0) is 47.5. The Kier molecular flexibility index (Phi) is 34.1. The van der Waals surface area contributed by atoms with Gasteiger partial charge in [0.1, 0.15) is 0 Å². The number of nitrogens with zero attached hydrogens (tertiary/aromatic N) is 6. The standard InChI is InChI=1S/C18H33P.2C11H14N3.C11H13N3.CH3.2Ag.3ClH.Ru/c1-4-10-16(11-5-1)19(17-12-6-2-7-13-17)18-14-8-3-9-15-18;3*1-3-14-9-11(13(2)12-14)10-7-5-4-6-8-10;;;;;;;/h16-18H,1-15H2;2*4-8,12H,3H2,1-2H3;4-7,12H,3H2,1-2H3;1H3;;;3*1H;/q;2*-1;-2;-1;;+2;;;;+4/p-2. The molecule has 388 valence electrons. The molecule has 9 nitrogen and oxygen atoms in total. The molecular weight excluding hydrogens is 1200 g/mol. The number of benzene rings is 3. The van der Waals surface area contributed by atoms with E-state index in [9.17, 15) is 0 Å². The summed E-state index contributed by atoms with van der Waals surface area (Å²) >= 11 is 1.84. The SMILES string of the molecule is C1CCC([PH+](C2CCCCC2)C2CCCCC2)CC1.CCN1[C-]=C(c2[c-]cccc2)N(C)N1.CCN1[C-]=C(c2ccccc2)N(C)N1.CCN1[C-]=C(c2ccccc2)N(C)N1.[Ag].[CH3-].[Cl][Ag][Cl].[Cl][Ru+3]. The molecule has 3 saturated carbocycles. The minimum absolute atomic E-state index is 0. The molecule has 0 saturated heterocycles. The summed E-state index contributed by atoms with van der Waals surface area (Å²) in [5.41, 5.74) is 19.8. The van der Waals surface area contributed by atoms with Crippen molar-refractivity contribution in [3.63, 3.8) is 0 Å². The van der Waals surface area contributed by atoms with Gasteiger partial charge in [-0.25, -0.2) is 12.1 Å². The van der Waals surface area contributed by atoms with E-state index < -0.39 is 0 Å². The summed E-state index contributed by atoms with van der Waals surface area (Å²) in [6.07, 6.45) is 33.6. The summed E-state index contributed by atoms with van der Waals surface area (Å²) in [5.74, 6) is 0. The van der Waals surface area contributed by atoms with Crippen molar-refractivity contribution in [2.75, 3.05) is 40.8 Å². The Morgan fingerprint density at radius 1 is 0.529 bits per heavy atom. The molecule has 3 aliphatic carbocycles. The molecule has 0 spiro atoms. The first-order chi connectivity index (χ1) is 32.3. The third-order valence-electron chi connectivity index (χ3n) is 12.8. The van der Waals surface area contributed by atoms with E-state index in [4.69, 9.17) is 18.4 Å². The average Bonchev–Trinajstić information content (AvgIpc) is 4.09. The van der Waals surface area contributed by atoms with E-state index in [1.54, 1.807) is 96.3 Å². The fraction of sp³-hybridized carbons (Fsp3) is 0.519. The summed E-state index contributed by atoms with van der Waals surface area (Å²) < 4.78 is 0. The number of nitrogens with one attached hydrogen (secondary N) is 3. The number of hydrogen-bond donors (Lipinski definition) is 3. The van der Waals surface area contributed by atoms with Crippen LogP contribution in [0.5, 0.6) is 0 Å². The molecule has 3 fully saturated rings. The van der Waals surface area contributed by atoms with Gasteiger partial charge in [-0.3, -0.25) is 5.56 Å². The second kappa shape index (κ2) is 36.8. The average molecular weight is 1280 g/mol. The van der Waals surface area contributed by atoms with Crippen LogP contribution < -0.4 is 16.6 Å². The van der Waals surface area contributed by atoms with Crippen molar-refractivity contribution in [2.24, 2.45) is 0 Å². The van der Waals surface area contributed by atoms with Crippen LogP contribution in [0.2, 0.25) is 0 Å². The van der Waals surface area contributed by atoms with Gasteiger partial charge >= 0.3 is 63.0 Å². The summed E-state index contributed by atoms with van der Waals surface area (Å²) in [6.45, 7) is 8.94. The Bertz CT molecular complexity index is 1620. The molecule has 3 N–H and O–H groups in total. The van der Waals surface area contributed by atoms with Crippen molar-refractivity contribution in [1.29, 1.82) is 0 Å². The topological polar surface area (TPSA) is 55.5 Å². The van der Waals surface area contributed by atoms with Gasteiger partial charge in [0.25, 0.3) is 0 Å². The van der Waals surface area contributed by atoms with Gasteiger partial charge in [-0.1, -0.05) is 67.1 Å². The molecule has 1 radical (unpaired) electrons. The van der Waals surface area contributed by atoms with E-state index in [1.165, 1.54) is 28.1 Å². The van der Waals surface area contributed by atoms with Gasteiger partial charge in [0, 0.05) is 71.1 Å². The van der Waals surface area contributed by atoms with Gasteiger partial charge in [0.2, 0.25) is 0 Å². The zero-order valence-electron chi connectivity index (χ0n) is 41.3. The zero-order valence-corrected chi connectivity index (χ0v) is 49.3. The van der Waals surface area contributed by atoms with E-state index in [0.717, 1.165) is 42.3 Å². The van der Waals surface area contributed by atoms with Gasteiger partial charge in [-0.2, -0.15) is 40.6 Å². The van der Waals surface area contributed by atoms with Gasteiger partial charge < -0.3 is 37.5 Å². The Hall–Kier alpha value is -1.04. The van der Waals surface area contributed by atoms with Crippen LogP contribution in [-0.4, -0.2) is 87.8 Å². The minimum atomic E-state index is -0.0465. The molecule has 3 aliphatic heterocycles. The third-order valence-corrected chi connectivity index (χ3v) is 17.3. The Labute approximate surface area is 461 Å². The molecule has 68 heavy (non-hydrogen) atoms. The maximum absolute atomic E-state index is 4.79. The van der Waals surface area contributed by atoms with Gasteiger partial charge in [0.15, 0.2) is 0 Å². The predicted octanol–water partition coefficient (Wildman–Crippen LogP) is 12.9. The van der Waals surface area contributed by atoms with Crippen molar-refractivity contribution >= 4 is 53.1 Å². The van der Waals surface area contributed by atoms with Crippen LogP contribution in [0.3, 0.4) is 0 Å². The van der Waals surface area contributed by atoms with Crippen molar-refractivity contribution in [3.05, 3.63) is 134 Å². The first kappa shape index (κ1) is 63.1. The molecule has 3 aromatic carbocycles. The fourth-order valence-electron chi connectivity index (χ4n) is 9.62. The van der Waals surface area contributed by atoms with Crippen LogP contribution in [0.25, 0.3) is 17.1 Å². The van der Waals surface area contributed by atoms with Crippen molar-refractivity contribution in [3.8, 4) is 0 Å². The second-order valence-electron chi connectivity index (χ2n) is 17.1. The quantitative estimate of drug-likeness (QED) is 0.111. The number of rotatable bonds is 9. The van der Waals surface area contributed by atoms with Crippen molar-refractivity contribution in [1.82, 2.24) is 46.7 Å². The molecule has 16 heteroatoms. The molecule has 3 aromatic rings. The Morgan fingerprint density at radius 3 is 1.13 bits per heavy atom. The van der Waals surface area contributed by atoms with Gasteiger partial charge in [-0.15, -0.1) is 53.9 Å².